The van der Waals surface area contributed by atoms with Crippen LogP contribution in [0.5, 0.6) is 0 Å². The Labute approximate surface area is 129 Å². The number of benzene rings is 1. The number of anilines is 1. The van der Waals surface area contributed by atoms with Crippen LogP contribution in [0.1, 0.15) is 19.8 Å². The van der Waals surface area contributed by atoms with Crippen LogP contribution >= 0.6 is 11.6 Å². The van der Waals surface area contributed by atoms with Crippen LogP contribution in [0.15, 0.2) is 24.3 Å². The molecule has 0 spiro atoms. The van der Waals surface area contributed by atoms with E-state index in [2.05, 4.69) is 10.6 Å². The van der Waals surface area contributed by atoms with Crippen LogP contribution in [0.4, 0.5) is 5.69 Å². The molecule has 0 aliphatic heterocycles. The summed E-state index contributed by atoms with van der Waals surface area (Å²) < 4.78 is 0. The first kappa shape index (κ1) is 15.8. The summed E-state index contributed by atoms with van der Waals surface area (Å²) in [5, 5.41) is 6.31. The number of hydrogen-bond acceptors (Lipinski definition) is 2. The molecule has 0 heterocycles. The predicted octanol–water partition coefficient (Wildman–Crippen LogP) is 0.460. The maximum Gasteiger partial charge on any atom is 0.282 e. The number of amides is 2. The zero-order valence-corrected chi connectivity index (χ0v) is 13.0. The minimum Gasteiger partial charge on any atom is -0.348 e. The molecule has 114 valence electrons. The molecule has 0 saturated heterocycles. The molecule has 2 amide bonds. The van der Waals surface area contributed by atoms with Crippen molar-refractivity contribution < 1.29 is 14.5 Å². The number of likely N-dealkylation sites (N-methyl/N-ethyl adjacent to an activating group) is 1. The van der Waals surface area contributed by atoms with Gasteiger partial charge >= 0.3 is 0 Å². The third-order valence-electron chi connectivity index (χ3n) is 3.61. The molecule has 1 fully saturated rings. The van der Waals surface area contributed by atoms with Crippen molar-refractivity contribution in [3.63, 3.8) is 0 Å². The molecule has 2 rings (SSSR count). The number of nitrogens with one attached hydrogen (secondary N) is 3. The van der Waals surface area contributed by atoms with Crippen LogP contribution in [-0.2, 0) is 9.59 Å². The zero-order chi connectivity index (χ0) is 15.4. The van der Waals surface area contributed by atoms with Crippen LogP contribution in [-0.4, -0.2) is 37.5 Å². The Morgan fingerprint density at radius 2 is 2.14 bits per heavy atom. The second-order valence-corrected chi connectivity index (χ2v) is 6.02. The zero-order valence-electron chi connectivity index (χ0n) is 12.3. The van der Waals surface area contributed by atoms with Crippen molar-refractivity contribution in [3.05, 3.63) is 29.3 Å². The average Bonchev–Trinajstić information content (AvgIpc) is 3.21. The van der Waals surface area contributed by atoms with Gasteiger partial charge in [0.2, 0.25) is 0 Å². The fourth-order valence-electron chi connectivity index (χ4n) is 1.95. The molecule has 1 aliphatic carbocycles. The minimum atomic E-state index is -0.325. The largest absolute Gasteiger partial charge is 0.348 e. The number of carbonyl (C=O) groups is 2. The van der Waals surface area contributed by atoms with Crippen LogP contribution in [0.3, 0.4) is 0 Å². The Morgan fingerprint density at radius 3 is 2.76 bits per heavy atom. The quantitative estimate of drug-likeness (QED) is 0.715. The maximum atomic E-state index is 12.2. The topological polar surface area (TPSA) is 62.6 Å². The second kappa shape index (κ2) is 6.91. The third kappa shape index (κ3) is 5.02. The summed E-state index contributed by atoms with van der Waals surface area (Å²) in [5.41, 5.74) is 0.662. The summed E-state index contributed by atoms with van der Waals surface area (Å²) in [4.78, 5) is 24.8. The fraction of sp³-hybridized carbons (Fsp3) is 0.467. The highest BCUT2D eigenvalue weighted by Gasteiger charge is 2.27. The molecule has 2 atom stereocenters. The van der Waals surface area contributed by atoms with Gasteiger partial charge < -0.3 is 15.5 Å². The highest BCUT2D eigenvalue weighted by Crippen LogP contribution is 2.18. The molecule has 1 aliphatic rings. The van der Waals surface area contributed by atoms with Crippen molar-refractivity contribution in [1.82, 2.24) is 5.32 Å². The monoisotopic (exact) mass is 310 g/mol. The van der Waals surface area contributed by atoms with Crippen molar-refractivity contribution in [2.24, 2.45) is 0 Å². The average molecular weight is 311 g/mol. The number of quaternary nitrogens is 1. The number of halogens is 1. The lowest BCUT2D eigenvalue weighted by atomic mass is 10.2. The van der Waals surface area contributed by atoms with Gasteiger partial charge in [-0.2, -0.15) is 0 Å². The van der Waals surface area contributed by atoms with Gasteiger partial charge in [0.15, 0.2) is 12.6 Å². The molecule has 21 heavy (non-hydrogen) atoms. The van der Waals surface area contributed by atoms with E-state index in [1.54, 1.807) is 31.2 Å². The Hall–Kier alpha value is -1.59. The summed E-state index contributed by atoms with van der Waals surface area (Å²) in [6, 6.07) is 7.03. The molecular formula is C15H21ClN3O2+. The van der Waals surface area contributed by atoms with E-state index in [1.807, 2.05) is 7.05 Å². The molecule has 3 N–H and O–H groups in total. The van der Waals surface area contributed by atoms with Crippen molar-refractivity contribution in [3.8, 4) is 0 Å². The van der Waals surface area contributed by atoms with Crippen molar-refractivity contribution in [2.75, 3.05) is 18.9 Å². The highest BCUT2D eigenvalue weighted by atomic mass is 35.5. The van der Waals surface area contributed by atoms with E-state index in [0.29, 0.717) is 23.3 Å². The van der Waals surface area contributed by atoms with Gasteiger partial charge in [-0.1, -0.05) is 17.7 Å². The van der Waals surface area contributed by atoms with Gasteiger partial charge in [0, 0.05) is 16.8 Å². The Morgan fingerprint density at radius 1 is 1.43 bits per heavy atom. The van der Waals surface area contributed by atoms with Crippen LogP contribution in [0, 0.1) is 0 Å². The molecule has 6 heteroatoms. The van der Waals surface area contributed by atoms with Gasteiger partial charge in [-0.05, 0) is 38.0 Å². The van der Waals surface area contributed by atoms with Crippen molar-refractivity contribution in [2.45, 2.75) is 31.8 Å². The summed E-state index contributed by atoms with van der Waals surface area (Å²) in [6.07, 6.45) is 2.13. The lowest BCUT2D eigenvalue weighted by Crippen LogP contribution is -3.15. The lowest BCUT2D eigenvalue weighted by Gasteiger charge is -2.20. The standard InChI is InChI=1S/C15H20ClN3O2/c1-10(19(2)9-14(20)17-12-6-7-12)15(21)18-13-5-3-4-11(16)8-13/h3-5,8,10,12H,6-7,9H2,1-2H3,(H,17,20)(H,18,21)/p+1/t10-/m1/s1. The molecule has 1 aromatic carbocycles. The van der Waals surface area contributed by atoms with E-state index in [1.165, 1.54) is 0 Å². The van der Waals surface area contributed by atoms with E-state index in [0.717, 1.165) is 17.7 Å². The molecule has 1 aromatic rings. The molecule has 5 nitrogen and oxygen atoms in total. The minimum absolute atomic E-state index is 0.00240. The fourth-order valence-corrected chi connectivity index (χ4v) is 2.14. The van der Waals surface area contributed by atoms with Crippen molar-refractivity contribution in [1.29, 1.82) is 0 Å². The van der Waals surface area contributed by atoms with E-state index >= 15 is 0 Å². The van der Waals surface area contributed by atoms with E-state index in [4.69, 9.17) is 11.6 Å². The first-order valence-electron chi connectivity index (χ1n) is 7.14. The van der Waals surface area contributed by atoms with Gasteiger partial charge in [-0.15, -0.1) is 0 Å². The molecular weight excluding hydrogens is 290 g/mol. The number of rotatable bonds is 6. The molecule has 0 aromatic heterocycles. The van der Waals surface area contributed by atoms with Crippen LogP contribution in [0.2, 0.25) is 5.02 Å². The maximum absolute atomic E-state index is 12.2. The third-order valence-corrected chi connectivity index (χ3v) is 3.84. The SMILES string of the molecule is C[C@H](C(=O)Nc1cccc(Cl)c1)[NH+](C)CC(=O)NC1CC1. The van der Waals surface area contributed by atoms with E-state index in [9.17, 15) is 9.59 Å². The smallest absolute Gasteiger partial charge is 0.282 e. The summed E-state index contributed by atoms with van der Waals surface area (Å²) in [5.74, 6) is -0.133. The van der Waals surface area contributed by atoms with E-state index < -0.39 is 0 Å². The second-order valence-electron chi connectivity index (χ2n) is 5.59. The molecule has 0 bridgehead atoms. The van der Waals surface area contributed by atoms with Crippen LogP contribution in [0.25, 0.3) is 0 Å². The van der Waals surface area contributed by atoms with Crippen molar-refractivity contribution >= 4 is 29.1 Å². The van der Waals surface area contributed by atoms with E-state index in [-0.39, 0.29) is 17.9 Å². The summed E-state index contributed by atoms with van der Waals surface area (Å²) in [6.45, 7) is 2.10. The number of carbonyl (C=O) groups excluding carboxylic acids is 2. The lowest BCUT2D eigenvalue weighted by molar-refractivity contribution is -0.885. The van der Waals surface area contributed by atoms with Gasteiger partial charge in [0.05, 0.1) is 7.05 Å². The summed E-state index contributed by atoms with van der Waals surface area (Å²) in [7, 11) is 1.84. The normalized spacial score (nSPS) is 16.9. The van der Waals surface area contributed by atoms with Gasteiger partial charge in [-0.25, -0.2) is 0 Å². The predicted molar refractivity (Wildman–Crippen MR) is 82.5 cm³/mol. The molecule has 0 radical (unpaired) electrons. The molecule has 1 saturated carbocycles. The van der Waals surface area contributed by atoms with Crippen LogP contribution < -0.4 is 15.5 Å². The Balaban J connectivity index is 1.84. The molecule has 1 unspecified atom stereocenters. The Bertz CT molecular complexity index is 531. The van der Waals surface area contributed by atoms with Gasteiger partial charge in [0.25, 0.3) is 11.8 Å². The highest BCUT2D eigenvalue weighted by molar-refractivity contribution is 6.30. The van der Waals surface area contributed by atoms with Gasteiger partial charge in [0.1, 0.15) is 0 Å². The Kier molecular flexibility index (Phi) is 5.20. The first-order chi connectivity index (χ1) is 9.95. The summed E-state index contributed by atoms with van der Waals surface area (Å²) >= 11 is 5.88. The van der Waals surface area contributed by atoms with Gasteiger partial charge in [-0.3, -0.25) is 9.59 Å². The number of hydrogen-bond donors (Lipinski definition) is 3. The first-order valence-corrected chi connectivity index (χ1v) is 7.51.